The summed E-state index contributed by atoms with van der Waals surface area (Å²) in [6.45, 7) is 1.77. The molecule has 0 amide bonds. The lowest BCUT2D eigenvalue weighted by Gasteiger charge is -2.33. The first-order valence-electron chi connectivity index (χ1n) is 7.00. The van der Waals surface area contributed by atoms with E-state index in [1.807, 2.05) is 12.1 Å². The van der Waals surface area contributed by atoms with E-state index in [2.05, 4.69) is 25.8 Å². The van der Waals surface area contributed by atoms with Crippen LogP contribution in [0.3, 0.4) is 0 Å². The molecule has 2 aromatic rings. The zero-order valence-electron chi connectivity index (χ0n) is 11.5. The number of rotatable bonds is 3. The molecule has 0 unspecified atom stereocenters. The van der Waals surface area contributed by atoms with E-state index in [9.17, 15) is 4.39 Å². The van der Waals surface area contributed by atoms with Gasteiger partial charge >= 0.3 is 0 Å². The minimum atomic E-state index is -0.262. The molecule has 0 bridgehead atoms. The number of pyridine rings is 1. The van der Waals surface area contributed by atoms with E-state index >= 15 is 0 Å². The van der Waals surface area contributed by atoms with Gasteiger partial charge in [0.2, 0.25) is 0 Å². The van der Waals surface area contributed by atoms with Crippen LogP contribution in [-0.2, 0) is 0 Å². The molecule has 0 N–H and O–H groups in total. The summed E-state index contributed by atoms with van der Waals surface area (Å²) in [6, 6.07) is 10.2. The molecule has 3 nitrogen and oxygen atoms in total. The monoisotopic (exact) mass is 350 g/mol. The zero-order valence-corrected chi connectivity index (χ0v) is 13.1. The van der Waals surface area contributed by atoms with Crippen molar-refractivity contribution in [1.82, 2.24) is 4.98 Å². The largest absolute Gasteiger partial charge is 0.490 e. The van der Waals surface area contributed by atoms with Crippen LogP contribution in [0, 0.1) is 5.82 Å². The second kappa shape index (κ2) is 6.43. The van der Waals surface area contributed by atoms with Gasteiger partial charge in [0.15, 0.2) is 0 Å². The van der Waals surface area contributed by atoms with Crippen molar-refractivity contribution in [2.75, 3.05) is 18.0 Å². The van der Waals surface area contributed by atoms with E-state index in [0.29, 0.717) is 5.75 Å². The summed E-state index contributed by atoms with van der Waals surface area (Å²) in [5.74, 6) is 1.32. The fourth-order valence-electron chi connectivity index (χ4n) is 2.53. The van der Waals surface area contributed by atoms with Gasteiger partial charge in [-0.15, -0.1) is 0 Å². The Hall–Kier alpha value is -1.62. The predicted molar refractivity (Wildman–Crippen MR) is 84.2 cm³/mol. The van der Waals surface area contributed by atoms with Crippen molar-refractivity contribution < 1.29 is 9.13 Å². The first kappa shape index (κ1) is 14.3. The molecule has 110 valence electrons. The van der Waals surface area contributed by atoms with Crippen LogP contribution in [0.25, 0.3) is 0 Å². The SMILES string of the molecule is Fc1cccc(OC2CCN(c3ncccc3Br)CC2)c1. The third-order valence-corrected chi connectivity index (χ3v) is 4.20. The van der Waals surface area contributed by atoms with Crippen LogP contribution in [0.4, 0.5) is 10.2 Å². The summed E-state index contributed by atoms with van der Waals surface area (Å²) >= 11 is 3.53. The molecule has 0 radical (unpaired) electrons. The van der Waals surface area contributed by atoms with Crippen LogP contribution >= 0.6 is 15.9 Å². The number of benzene rings is 1. The summed E-state index contributed by atoms with van der Waals surface area (Å²) < 4.78 is 20.0. The molecule has 0 aliphatic carbocycles. The molecule has 1 aliphatic heterocycles. The van der Waals surface area contributed by atoms with E-state index in [1.165, 1.54) is 12.1 Å². The second-order valence-electron chi connectivity index (χ2n) is 5.07. The first-order chi connectivity index (χ1) is 10.2. The van der Waals surface area contributed by atoms with E-state index in [0.717, 1.165) is 36.2 Å². The molecule has 3 rings (SSSR count). The molecule has 1 aromatic heterocycles. The molecule has 1 aromatic carbocycles. The zero-order chi connectivity index (χ0) is 14.7. The van der Waals surface area contributed by atoms with Crippen molar-refractivity contribution in [3.05, 3.63) is 52.9 Å². The molecule has 0 saturated carbocycles. The van der Waals surface area contributed by atoms with Crippen LogP contribution < -0.4 is 9.64 Å². The maximum Gasteiger partial charge on any atom is 0.142 e. The summed E-state index contributed by atoms with van der Waals surface area (Å²) in [5.41, 5.74) is 0. The van der Waals surface area contributed by atoms with E-state index in [4.69, 9.17) is 4.74 Å². The number of nitrogens with zero attached hydrogens (tertiary/aromatic N) is 2. The minimum absolute atomic E-state index is 0.130. The standard InChI is InChI=1S/C16H16BrFN2O/c17-15-5-2-8-19-16(15)20-9-6-13(7-10-20)21-14-4-1-3-12(18)11-14/h1-5,8,11,13H,6-7,9-10H2. The fraction of sp³-hybridized carbons (Fsp3) is 0.312. The predicted octanol–water partition coefficient (Wildman–Crippen LogP) is 4.03. The Morgan fingerprint density at radius 1 is 1.19 bits per heavy atom. The molecule has 21 heavy (non-hydrogen) atoms. The van der Waals surface area contributed by atoms with Gasteiger partial charge in [0.05, 0.1) is 4.47 Å². The van der Waals surface area contributed by atoms with Gasteiger partial charge in [-0.2, -0.15) is 0 Å². The summed E-state index contributed by atoms with van der Waals surface area (Å²) in [4.78, 5) is 6.66. The molecular weight excluding hydrogens is 335 g/mol. The van der Waals surface area contributed by atoms with Crippen molar-refractivity contribution in [2.24, 2.45) is 0 Å². The lowest BCUT2D eigenvalue weighted by Crippen LogP contribution is -2.38. The number of aromatic nitrogens is 1. The normalized spacial score (nSPS) is 16.0. The minimum Gasteiger partial charge on any atom is -0.490 e. The second-order valence-corrected chi connectivity index (χ2v) is 5.92. The van der Waals surface area contributed by atoms with Gasteiger partial charge in [0, 0.05) is 38.2 Å². The lowest BCUT2D eigenvalue weighted by molar-refractivity contribution is 0.170. The van der Waals surface area contributed by atoms with Gasteiger partial charge in [-0.25, -0.2) is 9.37 Å². The van der Waals surface area contributed by atoms with Crippen molar-refractivity contribution in [2.45, 2.75) is 18.9 Å². The smallest absolute Gasteiger partial charge is 0.142 e. The number of anilines is 1. The van der Waals surface area contributed by atoms with E-state index < -0.39 is 0 Å². The molecule has 0 atom stereocenters. The third-order valence-electron chi connectivity index (χ3n) is 3.58. The molecule has 1 fully saturated rings. The highest BCUT2D eigenvalue weighted by atomic mass is 79.9. The third kappa shape index (κ3) is 3.53. The van der Waals surface area contributed by atoms with Crippen LogP contribution in [-0.4, -0.2) is 24.2 Å². The van der Waals surface area contributed by atoms with Gasteiger partial charge in [-0.1, -0.05) is 6.07 Å². The van der Waals surface area contributed by atoms with E-state index in [1.54, 1.807) is 18.3 Å². The number of ether oxygens (including phenoxy) is 1. The Morgan fingerprint density at radius 3 is 2.71 bits per heavy atom. The highest BCUT2D eigenvalue weighted by Crippen LogP contribution is 2.27. The molecule has 5 heteroatoms. The summed E-state index contributed by atoms with van der Waals surface area (Å²) in [6.07, 6.45) is 3.74. The highest BCUT2D eigenvalue weighted by molar-refractivity contribution is 9.10. The average Bonchev–Trinajstić information content (AvgIpc) is 2.49. The first-order valence-corrected chi connectivity index (χ1v) is 7.79. The summed E-state index contributed by atoms with van der Waals surface area (Å²) in [5, 5.41) is 0. The van der Waals surface area contributed by atoms with E-state index in [-0.39, 0.29) is 11.9 Å². The van der Waals surface area contributed by atoms with Gasteiger partial charge in [-0.3, -0.25) is 0 Å². The van der Waals surface area contributed by atoms with Gasteiger partial charge < -0.3 is 9.64 Å². The highest BCUT2D eigenvalue weighted by Gasteiger charge is 2.22. The van der Waals surface area contributed by atoms with Crippen LogP contribution in [0.1, 0.15) is 12.8 Å². The number of piperidine rings is 1. The van der Waals surface area contributed by atoms with Gasteiger partial charge in [0.25, 0.3) is 0 Å². The molecule has 0 spiro atoms. The van der Waals surface area contributed by atoms with Gasteiger partial charge in [0.1, 0.15) is 23.5 Å². The van der Waals surface area contributed by atoms with Crippen molar-refractivity contribution >= 4 is 21.7 Å². The fourth-order valence-corrected chi connectivity index (χ4v) is 3.03. The quantitative estimate of drug-likeness (QED) is 0.835. The maximum atomic E-state index is 13.1. The number of hydrogen-bond donors (Lipinski definition) is 0. The van der Waals surface area contributed by atoms with Gasteiger partial charge in [-0.05, 0) is 40.2 Å². The Morgan fingerprint density at radius 2 is 2.00 bits per heavy atom. The van der Waals surface area contributed by atoms with Crippen molar-refractivity contribution in [3.63, 3.8) is 0 Å². The maximum absolute atomic E-state index is 13.1. The van der Waals surface area contributed by atoms with Crippen LogP contribution in [0.15, 0.2) is 47.1 Å². The summed E-state index contributed by atoms with van der Waals surface area (Å²) in [7, 11) is 0. The van der Waals surface area contributed by atoms with Crippen molar-refractivity contribution in [1.29, 1.82) is 0 Å². The topological polar surface area (TPSA) is 25.4 Å². The van der Waals surface area contributed by atoms with Crippen LogP contribution in [0.5, 0.6) is 5.75 Å². The Bertz CT molecular complexity index is 615. The number of hydrogen-bond acceptors (Lipinski definition) is 3. The average molecular weight is 351 g/mol. The molecular formula is C16H16BrFN2O. The number of halogens is 2. The molecule has 1 aliphatic rings. The Balaban J connectivity index is 1.59. The Kier molecular flexibility index (Phi) is 4.39. The lowest BCUT2D eigenvalue weighted by atomic mass is 10.1. The van der Waals surface area contributed by atoms with Crippen molar-refractivity contribution in [3.8, 4) is 5.75 Å². The van der Waals surface area contributed by atoms with Crippen LogP contribution in [0.2, 0.25) is 0 Å². The molecule has 2 heterocycles. The molecule has 1 saturated heterocycles. The Labute approximate surface area is 131 Å².